The van der Waals surface area contributed by atoms with Crippen LogP contribution in [0.5, 0.6) is 5.75 Å². The molecule has 4 nitrogen and oxygen atoms in total. The van der Waals surface area contributed by atoms with Crippen LogP contribution in [0.1, 0.15) is 26.2 Å². The number of hydrogen-bond donors (Lipinski definition) is 0. The molecular weight excluding hydrogens is 346 g/mol. The molecule has 1 heterocycles. The summed E-state index contributed by atoms with van der Waals surface area (Å²) in [5.74, 6) is 0.963. The lowest BCUT2D eigenvalue weighted by atomic mass is 9.97. The van der Waals surface area contributed by atoms with Crippen molar-refractivity contribution in [2.75, 3.05) is 32.8 Å². The van der Waals surface area contributed by atoms with Crippen molar-refractivity contribution in [2.45, 2.75) is 26.2 Å². The van der Waals surface area contributed by atoms with E-state index in [4.69, 9.17) is 9.47 Å². The summed E-state index contributed by atoms with van der Waals surface area (Å²) in [5, 5.41) is 0. The Hall–Kier alpha value is -1.07. The Morgan fingerprint density at radius 1 is 1.36 bits per heavy atom. The molecule has 0 bridgehead atoms. The molecule has 0 amide bonds. The molecule has 0 spiro atoms. The van der Waals surface area contributed by atoms with E-state index in [0.717, 1.165) is 49.1 Å². The zero-order chi connectivity index (χ0) is 15.8. The number of nitrogens with zero attached hydrogens (tertiary/aromatic N) is 1. The minimum Gasteiger partial charge on any atom is -0.494 e. The zero-order valence-corrected chi connectivity index (χ0v) is 14.7. The second kappa shape index (κ2) is 9.16. The van der Waals surface area contributed by atoms with Gasteiger partial charge in [0.1, 0.15) is 5.75 Å². The normalized spacial score (nSPS) is 16.5. The van der Waals surface area contributed by atoms with Crippen LogP contribution < -0.4 is 4.74 Å². The number of hydrogen-bond acceptors (Lipinski definition) is 4. The van der Waals surface area contributed by atoms with Crippen LogP contribution in [-0.2, 0) is 9.53 Å². The number of rotatable bonds is 7. The molecule has 0 N–H and O–H groups in total. The zero-order valence-electron chi connectivity index (χ0n) is 13.1. The number of piperidine rings is 1. The first-order valence-electron chi connectivity index (χ1n) is 7.96. The summed E-state index contributed by atoms with van der Waals surface area (Å²) < 4.78 is 11.9. The third-order valence-electron chi connectivity index (χ3n) is 3.89. The van der Waals surface area contributed by atoms with Crippen molar-refractivity contribution in [2.24, 2.45) is 5.92 Å². The van der Waals surface area contributed by atoms with Crippen LogP contribution in [0.15, 0.2) is 28.7 Å². The van der Waals surface area contributed by atoms with E-state index in [1.165, 1.54) is 0 Å². The molecule has 0 unspecified atom stereocenters. The molecule has 1 aliphatic heterocycles. The first kappa shape index (κ1) is 17.3. The Kier molecular flexibility index (Phi) is 7.19. The van der Waals surface area contributed by atoms with E-state index in [0.29, 0.717) is 13.2 Å². The van der Waals surface area contributed by atoms with Gasteiger partial charge >= 0.3 is 5.97 Å². The van der Waals surface area contributed by atoms with Gasteiger partial charge in [-0.15, -0.1) is 0 Å². The minimum atomic E-state index is -0.0277. The molecule has 1 aliphatic rings. The monoisotopic (exact) mass is 369 g/mol. The molecule has 22 heavy (non-hydrogen) atoms. The molecule has 122 valence electrons. The van der Waals surface area contributed by atoms with Gasteiger partial charge in [0.15, 0.2) is 0 Å². The summed E-state index contributed by atoms with van der Waals surface area (Å²) in [6.45, 7) is 6.02. The largest absolute Gasteiger partial charge is 0.494 e. The van der Waals surface area contributed by atoms with Gasteiger partial charge in [-0.2, -0.15) is 0 Å². The van der Waals surface area contributed by atoms with Gasteiger partial charge in [0, 0.05) is 11.0 Å². The Balaban J connectivity index is 1.60. The Bertz CT molecular complexity index is 473. The van der Waals surface area contributed by atoms with Gasteiger partial charge in [0.05, 0.1) is 19.1 Å². The van der Waals surface area contributed by atoms with Gasteiger partial charge in [0.25, 0.3) is 0 Å². The second-order valence-electron chi connectivity index (χ2n) is 5.53. The molecule has 0 atom stereocenters. The highest BCUT2D eigenvalue weighted by Gasteiger charge is 2.25. The standard InChI is InChI=1S/C17H24BrNO3/c1-2-21-17(20)14-7-10-19(11-8-14)9-4-12-22-16-6-3-5-15(18)13-16/h3,5-6,13-14H,2,4,7-12H2,1H3. The van der Waals surface area contributed by atoms with Crippen molar-refractivity contribution < 1.29 is 14.3 Å². The molecule has 1 fully saturated rings. The number of ether oxygens (including phenoxy) is 2. The van der Waals surface area contributed by atoms with Gasteiger partial charge in [-0.25, -0.2) is 0 Å². The average molecular weight is 370 g/mol. The third kappa shape index (κ3) is 5.61. The van der Waals surface area contributed by atoms with Gasteiger partial charge in [-0.1, -0.05) is 22.0 Å². The smallest absolute Gasteiger partial charge is 0.309 e. The highest BCUT2D eigenvalue weighted by molar-refractivity contribution is 9.10. The molecular formula is C17H24BrNO3. The molecule has 0 aliphatic carbocycles. The van der Waals surface area contributed by atoms with Gasteiger partial charge < -0.3 is 14.4 Å². The van der Waals surface area contributed by atoms with Crippen molar-refractivity contribution in [3.63, 3.8) is 0 Å². The number of esters is 1. The number of benzene rings is 1. The number of carbonyl (C=O) groups is 1. The van der Waals surface area contributed by atoms with Crippen molar-refractivity contribution in [3.05, 3.63) is 28.7 Å². The molecule has 1 aromatic rings. The lowest BCUT2D eigenvalue weighted by Gasteiger charge is -2.30. The number of likely N-dealkylation sites (tertiary alicyclic amines) is 1. The Morgan fingerprint density at radius 2 is 2.14 bits per heavy atom. The summed E-state index contributed by atoms with van der Waals surface area (Å²) in [6.07, 6.45) is 2.81. The van der Waals surface area contributed by atoms with Crippen LogP contribution in [0, 0.1) is 5.92 Å². The highest BCUT2D eigenvalue weighted by Crippen LogP contribution is 2.20. The molecule has 5 heteroatoms. The molecule has 1 aromatic carbocycles. The van der Waals surface area contributed by atoms with E-state index >= 15 is 0 Å². The highest BCUT2D eigenvalue weighted by atomic mass is 79.9. The van der Waals surface area contributed by atoms with Crippen LogP contribution in [0.2, 0.25) is 0 Å². The van der Waals surface area contributed by atoms with E-state index < -0.39 is 0 Å². The number of halogens is 1. The van der Waals surface area contributed by atoms with Crippen molar-refractivity contribution in [1.82, 2.24) is 4.90 Å². The van der Waals surface area contributed by atoms with E-state index in [1.807, 2.05) is 31.2 Å². The quantitative estimate of drug-likeness (QED) is 0.544. The summed E-state index contributed by atoms with van der Waals surface area (Å²) >= 11 is 3.44. The fourth-order valence-corrected chi connectivity index (χ4v) is 3.07. The van der Waals surface area contributed by atoms with Crippen molar-refractivity contribution >= 4 is 21.9 Å². The topological polar surface area (TPSA) is 38.8 Å². The summed E-state index contributed by atoms with van der Waals surface area (Å²) in [7, 11) is 0. The number of carbonyl (C=O) groups excluding carboxylic acids is 1. The second-order valence-corrected chi connectivity index (χ2v) is 6.44. The van der Waals surface area contributed by atoms with Gasteiger partial charge in [-0.3, -0.25) is 4.79 Å². The van der Waals surface area contributed by atoms with E-state index in [-0.39, 0.29) is 11.9 Å². The van der Waals surface area contributed by atoms with Crippen LogP contribution in [0.25, 0.3) is 0 Å². The van der Waals surface area contributed by atoms with E-state index in [2.05, 4.69) is 20.8 Å². The fourth-order valence-electron chi connectivity index (χ4n) is 2.69. The molecule has 0 saturated carbocycles. The predicted octanol–water partition coefficient (Wildman–Crippen LogP) is 3.49. The summed E-state index contributed by atoms with van der Waals surface area (Å²) in [5.41, 5.74) is 0. The Morgan fingerprint density at radius 3 is 2.82 bits per heavy atom. The van der Waals surface area contributed by atoms with Crippen LogP contribution in [0.3, 0.4) is 0 Å². The first-order valence-corrected chi connectivity index (χ1v) is 8.75. The maximum Gasteiger partial charge on any atom is 0.309 e. The SMILES string of the molecule is CCOC(=O)C1CCN(CCCOc2cccc(Br)c2)CC1. The Labute approximate surface area is 140 Å². The predicted molar refractivity (Wildman–Crippen MR) is 90.1 cm³/mol. The third-order valence-corrected chi connectivity index (χ3v) is 4.38. The molecule has 2 rings (SSSR count). The molecule has 1 saturated heterocycles. The summed E-state index contributed by atoms with van der Waals surface area (Å²) in [6, 6.07) is 7.90. The summed E-state index contributed by atoms with van der Waals surface area (Å²) in [4.78, 5) is 14.1. The molecule has 0 radical (unpaired) electrons. The van der Waals surface area contributed by atoms with Crippen LogP contribution >= 0.6 is 15.9 Å². The molecule has 0 aromatic heterocycles. The minimum absolute atomic E-state index is 0.0277. The maximum absolute atomic E-state index is 11.7. The lowest BCUT2D eigenvalue weighted by molar-refractivity contribution is -0.149. The maximum atomic E-state index is 11.7. The fraction of sp³-hybridized carbons (Fsp3) is 0.588. The van der Waals surface area contributed by atoms with Gasteiger partial charge in [-0.05, 0) is 57.5 Å². The average Bonchev–Trinajstić information content (AvgIpc) is 2.52. The van der Waals surface area contributed by atoms with Gasteiger partial charge in [0.2, 0.25) is 0 Å². The lowest BCUT2D eigenvalue weighted by Crippen LogP contribution is -2.37. The van der Waals surface area contributed by atoms with E-state index in [1.54, 1.807) is 0 Å². The van der Waals surface area contributed by atoms with Crippen molar-refractivity contribution in [3.8, 4) is 5.75 Å². The first-order chi connectivity index (χ1) is 10.7. The van der Waals surface area contributed by atoms with Crippen LogP contribution in [0.4, 0.5) is 0 Å². The van der Waals surface area contributed by atoms with E-state index in [9.17, 15) is 4.79 Å². The van der Waals surface area contributed by atoms with Crippen molar-refractivity contribution in [1.29, 1.82) is 0 Å². The van der Waals surface area contributed by atoms with Crippen LogP contribution in [-0.4, -0.2) is 43.7 Å².